The lowest BCUT2D eigenvalue weighted by Gasteiger charge is -2.31. The molecular formula is C14H19BrF3N. The molecule has 0 fully saturated rings. The molecule has 1 unspecified atom stereocenters. The molecule has 0 aliphatic carbocycles. The summed E-state index contributed by atoms with van der Waals surface area (Å²) < 4.78 is 38.3. The summed E-state index contributed by atoms with van der Waals surface area (Å²) in [5.41, 5.74) is 0.291. The molecule has 1 aromatic rings. The predicted octanol–water partition coefficient (Wildman–Crippen LogP) is 4.64. The summed E-state index contributed by atoms with van der Waals surface area (Å²) in [5, 5.41) is 3.22. The SMILES string of the molecule is CNC(Cc1ccc(C(F)(F)F)cc1Br)C(C)(C)C. The molecule has 0 amide bonds. The molecule has 19 heavy (non-hydrogen) atoms. The van der Waals surface area contributed by atoms with Gasteiger partial charge in [0.1, 0.15) is 0 Å². The highest BCUT2D eigenvalue weighted by Crippen LogP contribution is 2.33. The summed E-state index contributed by atoms with van der Waals surface area (Å²) in [6, 6.07) is 4.02. The van der Waals surface area contributed by atoms with Crippen LogP contribution in [0.3, 0.4) is 0 Å². The first-order valence-corrected chi connectivity index (χ1v) is 6.88. The monoisotopic (exact) mass is 337 g/mol. The van der Waals surface area contributed by atoms with E-state index in [9.17, 15) is 13.2 Å². The van der Waals surface area contributed by atoms with E-state index < -0.39 is 11.7 Å². The summed E-state index contributed by atoms with van der Waals surface area (Å²) in [6.07, 6.45) is -3.62. The van der Waals surface area contributed by atoms with E-state index in [1.807, 2.05) is 7.05 Å². The largest absolute Gasteiger partial charge is 0.416 e. The molecule has 0 aliphatic heterocycles. The summed E-state index contributed by atoms with van der Waals surface area (Å²) in [6.45, 7) is 6.31. The molecule has 1 N–H and O–H groups in total. The fourth-order valence-corrected chi connectivity index (χ4v) is 2.49. The maximum atomic E-state index is 12.6. The standard InChI is InChI=1S/C14H19BrF3N/c1-13(2,3)12(19-4)7-9-5-6-10(8-11(9)15)14(16,17)18/h5-6,8,12,19H,7H2,1-4H3. The second-order valence-corrected chi connectivity index (χ2v) is 6.57. The van der Waals surface area contributed by atoms with Crippen LogP contribution in [0.25, 0.3) is 0 Å². The first-order chi connectivity index (χ1) is 8.55. The van der Waals surface area contributed by atoms with Crippen molar-refractivity contribution < 1.29 is 13.2 Å². The van der Waals surface area contributed by atoms with Crippen molar-refractivity contribution in [2.24, 2.45) is 5.41 Å². The molecule has 0 saturated heterocycles. The fourth-order valence-electron chi connectivity index (χ4n) is 1.95. The van der Waals surface area contributed by atoms with Crippen LogP contribution < -0.4 is 5.32 Å². The Hall–Kier alpha value is -0.550. The van der Waals surface area contributed by atoms with Gasteiger partial charge in [-0.2, -0.15) is 13.2 Å². The molecule has 1 aromatic carbocycles. The van der Waals surface area contributed by atoms with Gasteiger partial charge in [-0.15, -0.1) is 0 Å². The number of likely N-dealkylation sites (N-methyl/N-ethyl adjacent to an activating group) is 1. The third-order valence-electron chi connectivity index (χ3n) is 3.20. The molecule has 5 heteroatoms. The Kier molecular flexibility index (Phi) is 5.07. The lowest BCUT2D eigenvalue weighted by atomic mass is 9.83. The Morgan fingerprint density at radius 1 is 1.21 bits per heavy atom. The molecule has 108 valence electrons. The quantitative estimate of drug-likeness (QED) is 0.846. The second kappa shape index (κ2) is 5.83. The summed E-state index contributed by atoms with van der Waals surface area (Å²) >= 11 is 3.24. The lowest BCUT2D eigenvalue weighted by molar-refractivity contribution is -0.137. The van der Waals surface area contributed by atoms with Crippen LogP contribution in [0.15, 0.2) is 22.7 Å². The second-order valence-electron chi connectivity index (χ2n) is 5.72. The molecule has 0 spiro atoms. The van der Waals surface area contributed by atoms with Gasteiger partial charge in [-0.1, -0.05) is 42.8 Å². The highest BCUT2D eigenvalue weighted by Gasteiger charge is 2.31. The number of hydrogen-bond donors (Lipinski definition) is 1. The van der Waals surface area contributed by atoms with E-state index in [0.717, 1.165) is 17.7 Å². The van der Waals surface area contributed by atoms with Crippen LogP contribution in [0.5, 0.6) is 0 Å². The number of benzene rings is 1. The van der Waals surface area contributed by atoms with Gasteiger partial charge in [0.25, 0.3) is 0 Å². The molecule has 0 saturated carbocycles. The maximum absolute atomic E-state index is 12.6. The average Bonchev–Trinajstić information content (AvgIpc) is 2.24. The van der Waals surface area contributed by atoms with Crippen molar-refractivity contribution >= 4 is 15.9 Å². The summed E-state index contributed by atoms with van der Waals surface area (Å²) in [7, 11) is 1.87. The van der Waals surface area contributed by atoms with E-state index >= 15 is 0 Å². The molecule has 0 bridgehead atoms. The minimum absolute atomic E-state index is 0.0386. The number of rotatable bonds is 3. The van der Waals surface area contributed by atoms with Crippen molar-refractivity contribution in [1.29, 1.82) is 0 Å². The third-order valence-corrected chi connectivity index (χ3v) is 3.94. The number of hydrogen-bond acceptors (Lipinski definition) is 1. The third kappa shape index (κ3) is 4.49. The van der Waals surface area contributed by atoms with Crippen molar-refractivity contribution in [3.05, 3.63) is 33.8 Å². The van der Waals surface area contributed by atoms with Gasteiger partial charge in [0, 0.05) is 10.5 Å². The van der Waals surface area contributed by atoms with Crippen LogP contribution in [0.4, 0.5) is 13.2 Å². The predicted molar refractivity (Wildman–Crippen MR) is 75.2 cm³/mol. The van der Waals surface area contributed by atoms with Crippen LogP contribution in [-0.4, -0.2) is 13.1 Å². The molecule has 0 aromatic heterocycles. The van der Waals surface area contributed by atoms with Gasteiger partial charge in [-0.05, 0) is 36.6 Å². The minimum atomic E-state index is -4.30. The van der Waals surface area contributed by atoms with Crippen molar-refractivity contribution in [3.8, 4) is 0 Å². The van der Waals surface area contributed by atoms with E-state index in [0.29, 0.717) is 10.9 Å². The molecular weight excluding hydrogens is 319 g/mol. The van der Waals surface area contributed by atoms with Gasteiger partial charge >= 0.3 is 6.18 Å². The van der Waals surface area contributed by atoms with Crippen molar-refractivity contribution in [3.63, 3.8) is 0 Å². The molecule has 1 atom stereocenters. The van der Waals surface area contributed by atoms with Gasteiger partial charge < -0.3 is 5.32 Å². The highest BCUT2D eigenvalue weighted by molar-refractivity contribution is 9.10. The zero-order valence-electron chi connectivity index (χ0n) is 11.5. The minimum Gasteiger partial charge on any atom is -0.316 e. The Balaban J connectivity index is 2.98. The molecule has 0 radical (unpaired) electrons. The van der Waals surface area contributed by atoms with Gasteiger partial charge in [-0.3, -0.25) is 0 Å². The summed E-state index contributed by atoms with van der Waals surface area (Å²) in [4.78, 5) is 0. The van der Waals surface area contributed by atoms with E-state index in [1.165, 1.54) is 0 Å². The molecule has 1 rings (SSSR count). The highest BCUT2D eigenvalue weighted by atomic mass is 79.9. The topological polar surface area (TPSA) is 12.0 Å². The van der Waals surface area contributed by atoms with Crippen LogP contribution in [0, 0.1) is 5.41 Å². The lowest BCUT2D eigenvalue weighted by Crippen LogP contribution is -2.39. The number of alkyl halides is 3. The molecule has 0 heterocycles. The Morgan fingerprint density at radius 3 is 2.16 bits per heavy atom. The molecule has 0 aliphatic rings. The van der Waals surface area contributed by atoms with Gasteiger partial charge in [0.15, 0.2) is 0 Å². The van der Waals surface area contributed by atoms with E-state index in [4.69, 9.17) is 0 Å². The zero-order valence-corrected chi connectivity index (χ0v) is 13.1. The van der Waals surface area contributed by atoms with Crippen LogP contribution in [-0.2, 0) is 12.6 Å². The van der Waals surface area contributed by atoms with Crippen LogP contribution >= 0.6 is 15.9 Å². The van der Waals surface area contributed by atoms with Crippen molar-refractivity contribution in [2.45, 2.75) is 39.4 Å². The van der Waals surface area contributed by atoms with Crippen LogP contribution in [0.1, 0.15) is 31.9 Å². The van der Waals surface area contributed by atoms with Gasteiger partial charge in [-0.25, -0.2) is 0 Å². The average molecular weight is 338 g/mol. The Morgan fingerprint density at radius 2 is 1.79 bits per heavy atom. The maximum Gasteiger partial charge on any atom is 0.416 e. The van der Waals surface area contributed by atoms with E-state index in [-0.39, 0.29) is 11.5 Å². The van der Waals surface area contributed by atoms with Gasteiger partial charge in [0.05, 0.1) is 5.56 Å². The van der Waals surface area contributed by atoms with E-state index in [1.54, 1.807) is 6.07 Å². The first kappa shape index (κ1) is 16.5. The summed E-state index contributed by atoms with van der Waals surface area (Å²) in [5.74, 6) is 0. The Bertz CT molecular complexity index is 435. The fraction of sp³-hybridized carbons (Fsp3) is 0.571. The van der Waals surface area contributed by atoms with E-state index in [2.05, 4.69) is 42.0 Å². The smallest absolute Gasteiger partial charge is 0.316 e. The zero-order chi connectivity index (χ0) is 14.8. The number of halogens is 4. The number of nitrogens with one attached hydrogen (secondary N) is 1. The Labute approximate surface area is 120 Å². The molecule has 1 nitrogen and oxygen atoms in total. The normalized spacial score (nSPS) is 14.5. The van der Waals surface area contributed by atoms with Crippen molar-refractivity contribution in [2.75, 3.05) is 7.05 Å². The van der Waals surface area contributed by atoms with Gasteiger partial charge in [0.2, 0.25) is 0 Å². The van der Waals surface area contributed by atoms with Crippen molar-refractivity contribution in [1.82, 2.24) is 5.32 Å². The first-order valence-electron chi connectivity index (χ1n) is 6.08. The van der Waals surface area contributed by atoms with Crippen LogP contribution in [0.2, 0.25) is 0 Å².